The van der Waals surface area contributed by atoms with E-state index in [1.54, 1.807) is 0 Å². The summed E-state index contributed by atoms with van der Waals surface area (Å²) in [6.07, 6.45) is -2.05. The van der Waals surface area contributed by atoms with Crippen LogP contribution in [0.4, 0.5) is 13.2 Å². The molecule has 0 saturated carbocycles. The van der Waals surface area contributed by atoms with E-state index in [1.807, 2.05) is 0 Å². The fourth-order valence-corrected chi connectivity index (χ4v) is 4.13. The highest BCUT2D eigenvalue weighted by atomic mass is 32.2. The molecular formula is C13H16F3N3O3S. The Morgan fingerprint density at radius 1 is 1.39 bits per heavy atom. The summed E-state index contributed by atoms with van der Waals surface area (Å²) in [5.41, 5.74) is -2.57. The van der Waals surface area contributed by atoms with Gasteiger partial charge in [-0.1, -0.05) is 0 Å². The van der Waals surface area contributed by atoms with E-state index in [0.717, 1.165) is 18.4 Å². The second kappa shape index (κ2) is 5.05. The molecule has 1 aromatic rings. The van der Waals surface area contributed by atoms with E-state index >= 15 is 0 Å². The van der Waals surface area contributed by atoms with E-state index in [1.165, 1.54) is 0 Å². The molecule has 1 spiro atoms. The lowest BCUT2D eigenvalue weighted by Crippen LogP contribution is -2.40. The number of hydrogen-bond donors (Lipinski definition) is 2. The van der Waals surface area contributed by atoms with Crippen LogP contribution in [0, 0.1) is 0 Å². The Morgan fingerprint density at radius 2 is 2.13 bits per heavy atom. The zero-order valence-electron chi connectivity index (χ0n) is 12.3. The summed E-state index contributed by atoms with van der Waals surface area (Å²) in [6.45, 7) is 1.24. The van der Waals surface area contributed by atoms with Crippen molar-refractivity contribution in [3.8, 4) is 5.88 Å². The number of halogens is 3. The molecule has 6 nitrogen and oxygen atoms in total. The summed E-state index contributed by atoms with van der Waals surface area (Å²) in [5.74, 6) is -0.317. The number of nitrogens with zero attached hydrogens (tertiary/aromatic N) is 1. The number of sulfone groups is 1. The molecule has 3 heterocycles. The number of ether oxygens (including phenoxy) is 1. The maximum Gasteiger partial charge on any atom is 0.417 e. The summed E-state index contributed by atoms with van der Waals surface area (Å²) < 4.78 is 66.7. The quantitative estimate of drug-likeness (QED) is 0.771. The van der Waals surface area contributed by atoms with Crippen molar-refractivity contribution in [2.75, 3.05) is 25.1 Å². The smallest absolute Gasteiger partial charge is 0.417 e. The van der Waals surface area contributed by atoms with Crippen molar-refractivity contribution in [3.63, 3.8) is 0 Å². The first-order chi connectivity index (χ1) is 10.6. The monoisotopic (exact) mass is 351 g/mol. The fraction of sp³-hybridized carbons (Fsp3) is 0.615. The van der Waals surface area contributed by atoms with Gasteiger partial charge in [0.15, 0.2) is 15.6 Å². The second-order valence-electron chi connectivity index (χ2n) is 6.02. The first-order valence-corrected chi connectivity index (χ1v) is 9.01. The molecule has 128 valence electrons. The third-order valence-electron chi connectivity index (χ3n) is 4.11. The first-order valence-electron chi connectivity index (χ1n) is 6.95. The second-order valence-corrected chi connectivity index (χ2v) is 8.16. The molecule has 2 aliphatic heterocycles. The first kappa shape index (κ1) is 16.5. The average molecular weight is 351 g/mol. The molecule has 2 atom stereocenters. The van der Waals surface area contributed by atoms with E-state index in [0.29, 0.717) is 25.7 Å². The number of aromatic nitrogens is 1. The van der Waals surface area contributed by atoms with Gasteiger partial charge in [0.2, 0.25) is 5.88 Å². The van der Waals surface area contributed by atoms with Gasteiger partial charge in [0.25, 0.3) is 0 Å². The molecule has 0 amide bonds. The molecule has 1 aromatic heterocycles. The van der Waals surface area contributed by atoms with Crippen LogP contribution in [0.1, 0.15) is 12.0 Å². The molecule has 0 radical (unpaired) electrons. The van der Waals surface area contributed by atoms with Gasteiger partial charge >= 0.3 is 6.18 Å². The van der Waals surface area contributed by atoms with E-state index < -0.39 is 32.8 Å². The summed E-state index contributed by atoms with van der Waals surface area (Å²) in [6, 6.07) is 1.96. The minimum Gasteiger partial charge on any atom is -0.453 e. The van der Waals surface area contributed by atoms with Crippen molar-refractivity contribution in [1.29, 1.82) is 0 Å². The highest BCUT2D eigenvalue weighted by Crippen LogP contribution is 2.45. The lowest BCUT2D eigenvalue weighted by Gasteiger charge is -2.20. The molecule has 0 bridgehead atoms. The predicted molar refractivity (Wildman–Crippen MR) is 75.7 cm³/mol. The van der Waals surface area contributed by atoms with E-state index in [9.17, 15) is 21.6 Å². The Balaban J connectivity index is 1.83. The highest BCUT2D eigenvalue weighted by molar-refractivity contribution is 7.90. The van der Waals surface area contributed by atoms with Crippen molar-refractivity contribution in [3.05, 3.63) is 23.9 Å². The molecule has 2 N–H and O–H groups in total. The predicted octanol–water partition coefficient (Wildman–Crippen LogP) is 0.555. The summed E-state index contributed by atoms with van der Waals surface area (Å²) in [7, 11) is -3.36. The van der Waals surface area contributed by atoms with Crippen molar-refractivity contribution >= 4 is 9.84 Å². The summed E-state index contributed by atoms with van der Waals surface area (Å²) >= 11 is 0. The Kier molecular flexibility index (Phi) is 3.62. The standard InChI is InChI=1S/C13H16F3N3O3S/c1-23(20,21)8-12(11(19-12)4-5-17-7-11)22-10-3-2-9(6-18-10)13(14,15)16/h2-3,6,17,19H,4-5,7-8H2,1H3. The zero-order valence-corrected chi connectivity index (χ0v) is 13.1. The molecule has 3 rings (SSSR count). The summed E-state index contributed by atoms with van der Waals surface area (Å²) in [4.78, 5) is 3.66. The van der Waals surface area contributed by atoms with Crippen LogP contribution in [-0.2, 0) is 16.0 Å². The maximum absolute atomic E-state index is 12.6. The Labute approximate surface area is 131 Å². The van der Waals surface area contributed by atoms with Crippen LogP contribution in [0.2, 0.25) is 0 Å². The van der Waals surface area contributed by atoms with Crippen molar-refractivity contribution in [1.82, 2.24) is 15.6 Å². The van der Waals surface area contributed by atoms with Crippen LogP contribution < -0.4 is 15.4 Å². The van der Waals surface area contributed by atoms with Gasteiger partial charge in [0.05, 0.1) is 11.1 Å². The van der Waals surface area contributed by atoms with Gasteiger partial charge in [-0.2, -0.15) is 13.2 Å². The Bertz CT molecular complexity index is 699. The zero-order chi connectivity index (χ0) is 16.9. The number of nitrogens with one attached hydrogen (secondary N) is 2. The fourth-order valence-electron chi connectivity index (χ4n) is 2.98. The molecule has 0 aliphatic carbocycles. The molecule has 2 aliphatic rings. The topological polar surface area (TPSA) is 90.2 Å². The number of pyridine rings is 1. The molecule has 10 heteroatoms. The summed E-state index contributed by atoms with van der Waals surface area (Å²) in [5, 5.41) is 6.21. The SMILES string of the molecule is CS(=O)(=O)CC1(Oc2ccc(C(F)(F)F)cn2)NC12CCNC2. The third-order valence-corrected chi connectivity index (χ3v) is 5.05. The van der Waals surface area contributed by atoms with Crippen molar-refractivity contribution in [2.45, 2.75) is 23.9 Å². The number of rotatable bonds is 4. The van der Waals surface area contributed by atoms with Gasteiger partial charge in [0.1, 0.15) is 5.75 Å². The van der Waals surface area contributed by atoms with Crippen LogP contribution >= 0.6 is 0 Å². The highest BCUT2D eigenvalue weighted by Gasteiger charge is 2.71. The van der Waals surface area contributed by atoms with Crippen LogP contribution in [-0.4, -0.2) is 49.8 Å². The van der Waals surface area contributed by atoms with Gasteiger partial charge in [-0.05, 0) is 19.0 Å². The largest absolute Gasteiger partial charge is 0.453 e. The van der Waals surface area contributed by atoms with E-state index in [2.05, 4.69) is 15.6 Å². The van der Waals surface area contributed by atoms with E-state index in [-0.39, 0.29) is 11.6 Å². The minimum atomic E-state index is -4.48. The van der Waals surface area contributed by atoms with Gasteiger partial charge in [-0.15, -0.1) is 0 Å². The lowest BCUT2D eigenvalue weighted by molar-refractivity contribution is -0.137. The Hall–Kier alpha value is -1.39. The van der Waals surface area contributed by atoms with Gasteiger partial charge in [-0.3, -0.25) is 5.32 Å². The lowest BCUT2D eigenvalue weighted by atomic mass is 10.0. The Morgan fingerprint density at radius 3 is 2.61 bits per heavy atom. The van der Waals surface area contributed by atoms with Crippen LogP contribution in [0.15, 0.2) is 18.3 Å². The van der Waals surface area contributed by atoms with Crippen LogP contribution in [0.5, 0.6) is 5.88 Å². The van der Waals surface area contributed by atoms with Crippen LogP contribution in [0.25, 0.3) is 0 Å². The van der Waals surface area contributed by atoms with Crippen LogP contribution in [0.3, 0.4) is 0 Å². The van der Waals surface area contributed by atoms with E-state index in [4.69, 9.17) is 4.74 Å². The molecule has 2 fully saturated rings. The van der Waals surface area contributed by atoms with Gasteiger partial charge in [0, 0.05) is 25.1 Å². The minimum absolute atomic E-state index is 0.0436. The normalized spacial score (nSPS) is 30.6. The molecule has 2 saturated heterocycles. The van der Waals surface area contributed by atoms with Crippen molar-refractivity contribution in [2.24, 2.45) is 0 Å². The van der Waals surface area contributed by atoms with Crippen molar-refractivity contribution < 1.29 is 26.3 Å². The van der Waals surface area contributed by atoms with Gasteiger partial charge < -0.3 is 10.1 Å². The maximum atomic E-state index is 12.6. The molecule has 0 aromatic carbocycles. The number of hydrogen-bond acceptors (Lipinski definition) is 6. The molecule has 23 heavy (non-hydrogen) atoms. The molecular weight excluding hydrogens is 335 g/mol. The van der Waals surface area contributed by atoms with Gasteiger partial charge in [-0.25, -0.2) is 13.4 Å². The average Bonchev–Trinajstić information content (AvgIpc) is 2.77. The molecule has 2 unspecified atom stereocenters. The third kappa shape index (κ3) is 3.15. The number of alkyl halides is 3.